The molecule has 0 saturated carbocycles. The molecule has 0 fully saturated rings. The van der Waals surface area contributed by atoms with Crippen molar-refractivity contribution in [1.29, 1.82) is 0 Å². The van der Waals surface area contributed by atoms with Crippen LogP contribution in [-0.4, -0.2) is 14.1 Å². The van der Waals surface area contributed by atoms with E-state index < -0.39 is 8.41 Å². The van der Waals surface area contributed by atoms with Crippen LogP contribution < -0.4 is 0 Å². The molecule has 2 atom stereocenters. The van der Waals surface area contributed by atoms with Crippen LogP contribution in [0.2, 0.25) is 13.1 Å². The van der Waals surface area contributed by atoms with Crippen LogP contribution in [0.1, 0.15) is 36.8 Å². The Hall–Kier alpha value is -1.12. The van der Waals surface area contributed by atoms with Crippen molar-refractivity contribution in [3.8, 4) is 0 Å². The van der Waals surface area contributed by atoms with Crippen molar-refractivity contribution < 1.29 is 25.8 Å². The molecule has 0 aromatic heterocycles. The molecule has 1 aromatic carbocycles. The molecule has 146 valence electrons. The minimum atomic E-state index is -0.393. The normalized spacial score (nSPS) is 21.2. The van der Waals surface area contributed by atoms with Gasteiger partial charge in [-0.15, -0.1) is 35.0 Å². The molecule has 2 unspecified atom stereocenters. The van der Waals surface area contributed by atoms with Crippen molar-refractivity contribution in [2.75, 3.05) is 0 Å². The van der Waals surface area contributed by atoms with E-state index in [4.69, 9.17) is 0 Å². The zero-order valence-corrected chi connectivity index (χ0v) is 22.4. The number of hydrogen-bond donors (Lipinski definition) is 0. The zero-order chi connectivity index (χ0) is 17.4. The van der Waals surface area contributed by atoms with E-state index in [9.17, 15) is 0 Å². The molecule has 0 N–H and O–H groups in total. The van der Waals surface area contributed by atoms with Gasteiger partial charge >= 0.3 is 0 Å². The first kappa shape index (κ1) is 24.9. The predicted molar refractivity (Wildman–Crippen MR) is 124 cm³/mol. The maximum absolute atomic E-state index is 3.75. The molecule has 3 aliphatic rings. The largest absolute Gasteiger partial charge is 0.358 e. The van der Waals surface area contributed by atoms with Gasteiger partial charge in [0.25, 0.3) is 0 Å². The maximum Gasteiger partial charge on any atom is 0 e. The Morgan fingerprint density at radius 2 is 1.89 bits per heavy atom. The van der Waals surface area contributed by atoms with E-state index >= 15 is 0 Å². The van der Waals surface area contributed by atoms with Gasteiger partial charge in [0.2, 0.25) is 0 Å². The average molecular weight is 550 g/mol. The van der Waals surface area contributed by atoms with E-state index in [1.807, 2.05) is 0 Å². The Balaban J connectivity index is 0.00000131. The van der Waals surface area contributed by atoms with Gasteiger partial charge in [-0.3, -0.25) is 0 Å². The standard InChI is InChI=1S/C24H25Si.2CH3.Hf/c1-4-17-15-19-10-5-6-11-20(16-25(2)3)23(19)24(17)22-14-13-18-9-7-8-12-21(18)22;;;/h5-10,12-14,16,20,22H,4,11H2,1-3H3;2*1H3;/q3*-1;. The first-order chi connectivity index (χ1) is 12.2. The molecular formula is C26H31HfSi-3. The van der Waals surface area contributed by atoms with Gasteiger partial charge in [-0.1, -0.05) is 62.5 Å². The number of rotatable bonds is 3. The van der Waals surface area contributed by atoms with Gasteiger partial charge in [0.15, 0.2) is 0 Å². The van der Waals surface area contributed by atoms with Crippen molar-refractivity contribution in [3.63, 3.8) is 0 Å². The zero-order valence-electron chi connectivity index (χ0n) is 17.8. The summed E-state index contributed by atoms with van der Waals surface area (Å²) < 4.78 is 0. The first-order valence-electron chi connectivity index (χ1n) is 9.35. The smallest absolute Gasteiger partial charge is 0 e. The molecule has 0 heterocycles. The first-order valence-corrected chi connectivity index (χ1v) is 11.9. The van der Waals surface area contributed by atoms with Gasteiger partial charge in [-0.05, 0) is 44.2 Å². The minimum absolute atomic E-state index is 0. The number of allylic oxidation sites excluding steroid dienone is 9. The Labute approximate surface area is 192 Å². The second kappa shape index (κ2) is 10.6. The number of benzene rings is 1. The van der Waals surface area contributed by atoms with Crippen LogP contribution in [0.3, 0.4) is 0 Å². The Morgan fingerprint density at radius 1 is 1.14 bits per heavy atom. The SMILES string of the molecule is CCC1=[C-]C2=CC=CCC(C=[Si](C)C)C2=C1C1C=Cc2ccccc21.[CH3-].[CH3-].[Hf]. The topological polar surface area (TPSA) is 0 Å². The molecule has 0 bridgehead atoms. The molecule has 4 rings (SSSR count). The molecule has 0 spiro atoms. The van der Waals surface area contributed by atoms with Gasteiger partial charge in [-0.25, -0.2) is 0 Å². The van der Waals surface area contributed by atoms with Crippen molar-refractivity contribution in [1.82, 2.24) is 0 Å². The Bertz CT molecular complexity index is 889. The summed E-state index contributed by atoms with van der Waals surface area (Å²) in [5.74, 6) is 0.916. The predicted octanol–water partition coefficient (Wildman–Crippen LogP) is 6.79. The fraction of sp³-hybridized carbons (Fsp3) is 0.269. The van der Waals surface area contributed by atoms with E-state index in [2.05, 4.69) is 86.4 Å². The van der Waals surface area contributed by atoms with Crippen LogP contribution in [-0.2, 0) is 25.8 Å². The molecule has 1 aromatic rings. The summed E-state index contributed by atoms with van der Waals surface area (Å²) >= 11 is 0. The summed E-state index contributed by atoms with van der Waals surface area (Å²) in [4.78, 5) is 0. The molecule has 0 nitrogen and oxygen atoms in total. The van der Waals surface area contributed by atoms with Gasteiger partial charge in [0.1, 0.15) is 0 Å². The third-order valence-corrected chi connectivity index (χ3v) is 6.42. The summed E-state index contributed by atoms with van der Waals surface area (Å²) in [5.41, 5.74) is 11.2. The monoisotopic (exact) mass is 551 g/mol. The van der Waals surface area contributed by atoms with Crippen molar-refractivity contribution in [3.05, 3.63) is 103 Å². The third-order valence-electron chi connectivity index (χ3n) is 5.35. The molecule has 2 heteroatoms. The quantitative estimate of drug-likeness (QED) is 0.288. The van der Waals surface area contributed by atoms with Crippen molar-refractivity contribution in [2.24, 2.45) is 5.92 Å². The summed E-state index contributed by atoms with van der Waals surface area (Å²) in [6.45, 7) is 7.05. The molecule has 0 amide bonds. The molecule has 0 radical (unpaired) electrons. The summed E-state index contributed by atoms with van der Waals surface area (Å²) in [6.07, 6.45) is 17.4. The minimum Gasteiger partial charge on any atom is -0.358 e. The van der Waals surface area contributed by atoms with Gasteiger partial charge < -0.3 is 14.9 Å². The van der Waals surface area contributed by atoms with Crippen LogP contribution in [0.15, 0.2) is 70.9 Å². The average Bonchev–Trinajstić information content (AvgIpc) is 3.12. The van der Waals surface area contributed by atoms with Crippen molar-refractivity contribution in [2.45, 2.75) is 38.8 Å². The second-order valence-corrected chi connectivity index (χ2v) is 9.83. The second-order valence-electron chi connectivity index (χ2n) is 7.34. The van der Waals surface area contributed by atoms with Crippen LogP contribution in [0, 0.1) is 26.8 Å². The van der Waals surface area contributed by atoms with E-state index in [-0.39, 0.29) is 40.7 Å². The van der Waals surface area contributed by atoms with Crippen LogP contribution in [0.25, 0.3) is 6.08 Å². The van der Waals surface area contributed by atoms with Crippen LogP contribution >= 0.6 is 0 Å². The number of fused-ring (bicyclic) bond motifs is 2. The third kappa shape index (κ3) is 4.54. The summed E-state index contributed by atoms with van der Waals surface area (Å²) in [7, 11) is -0.393. The van der Waals surface area contributed by atoms with E-state index in [1.165, 1.54) is 27.8 Å². The fourth-order valence-electron chi connectivity index (χ4n) is 4.33. The summed E-state index contributed by atoms with van der Waals surface area (Å²) in [5, 5.41) is 0. The van der Waals surface area contributed by atoms with E-state index in [0.29, 0.717) is 11.8 Å². The molecule has 28 heavy (non-hydrogen) atoms. The van der Waals surface area contributed by atoms with E-state index in [0.717, 1.165) is 12.8 Å². The van der Waals surface area contributed by atoms with Crippen molar-refractivity contribution >= 4 is 20.2 Å². The van der Waals surface area contributed by atoms with Gasteiger partial charge in [0.05, 0.1) is 0 Å². The Morgan fingerprint density at radius 3 is 2.61 bits per heavy atom. The number of hydrogen-bond acceptors (Lipinski definition) is 0. The maximum atomic E-state index is 3.75. The summed E-state index contributed by atoms with van der Waals surface area (Å²) in [6, 6.07) is 8.84. The van der Waals surface area contributed by atoms with Crippen LogP contribution in [0.4, 0.5) is 0 Å². The molecule has 0 aliphatic heterocycles. The van der Waals surface area contributed by atoms with Gasteiger partial charge in [-0.2, -0.15) is 11.1 Å². The molecule has 0 saturated heterocycles. The van der Waals surface area contributed by atoms with E-state index in [1.54, 1.807) is 5.57 Å². The fourth-order valence-corrected chi connectivity index (χ4v) is 5.44. The molecular weight excluding hydrogens is 519 g/mol. The Kier molecular flexibility index (Phi) is 9.43. The van der Waals surface area contributed by atoms with Gasteiger partial charge in [0, 0.05) is 25.8 Å². The van der Waals surface area contributed by atoms with Crippen LogP contribution in [0.5, 0.6) is 0 Å². The molecule has 3 aliphatic carbocycles.